The predicted octanol–water partition coefficient (Wildman–Crippen LogP) is 4.86. The van der Waals surface area contributed by atoms with Gasteiger partial charge in [0.05, 0.1) is 11.4 Å². The Balaban J connectivity index is 4.39. The molecule has 0 rings (SSSR count). The molecule has 0 fully saturated rings. The Bertz CT molecular complexity index is 350. The van der Waals surface area contributed by atoms with Crippen LogP contribution in [0.3, 0.4) is 0 Å². The fourth-order valence-electron chi connectivity index (χ4n) is 2.92. The van der Waals surface area contributed by atoms with E-state index in [-0.39, 0.29) is 6.10 Å². The summed E-state index contributed by atoms with van der Waals surface area (Å²) in [4.78, 5) is 0. The summed E-state index contributed by atoms with van der Waals surface area (Å²) in [7, 11) is -1.59. The van der Waals surface area contributed by atoms with Gasteiger partial charge in [-0.2, -0.15) is 0 Å². The molecule has 2 N–H and O–H groups in total. The largest absolute Gasteiger partial charge is 0.411 e. The van der Waals surface area contributed by atoms with E-state index in [9.17, 15) is 0 Å². The number of rotatable bonds is 16. The van der Waals surface area contributed by atoms with E-state index in [2.05, 4.69) is 30.7 Å². The Labute approximate surface area is 155 Å². The van der Waals surface area contributed by atoms with Crippen molar-refractivity contribution in [1.29, 1.82) is 0 Å². The van der Waals surface area contributed by atoms with Gasteiger partial charge in [0.15, 0.2) is 0 Å². The van der Waals surface area contributed by atoms with Crippen molar-refractivity contribution in [1.82, 2.24) is 0 Å². The Morgan fingerprint density at radius 2 is 1.36 bits per heavy atom. The summed E-state index contributed by atoms with van der Waals surface area (Å²) in [5, 5.41) is 24.8. The Morgan fingerprint density at radius 3 is 1.72 bits per heavy atom. The second-order valence-corrected chi connectivity index (χ2v) is 8.14. The van der Waals surface area contributed by atoms with Crippen LogP contribution < -0.4 is 0 Å². The third-order valence-corrected chi connectivity index (χ3v) is 5.70. The second kappa shape index (κ2) is 16.5. The van der Waals surface area contributed by atoms with Gasteiger partial charge in [-0.25, -0.2) is 0 Å². The third-order valence-electron chi connectivity index (χ3n) is 4.13. The summed E-state index contributed by atoms with van der Waals surface area (Å²) in [6, 6.07) is 0. The first-order valence-corrected chi connectivity index (χ1v) is 11.9. The molecule has 0 aromatic rings. The van der Waals surface area contributed by atoms with Crippen LogP contribution in [0.4, 0.5) is 0 Å². The second-order valence-electron chi connectivity index (χ2n) is 6.40. The van der Waals surface area contributed by atoms with Gasteiger partial charge in [-0.05, 0) is 64.8 Å². The monoisotopic (exact) mass is 374 g/mol. The topological polar surface area (TPSA) is 83.6 Å². The first kappa shape index (κ1) is 24.1. The minimum atomic E-state index is -1.59. The average Bonchev–Trinajstić information content (AvgIpc) is 2.60. The minimum Gasteiger partial charge on any atom is -0.411 e. The summed E-state index contributed by atoms with van der Waals surface area (Å²) in [6.45, 7) is 8.92. The predicted molar refractivity (Wildman–Crippen MR) is 105 cm³/mol. The van der Waals surface area contributed by atoms with Crippen LogP contribution in [0.1, 0.15) is 85.0 Å². The molecule has 0 saturated heterocycles. The van der Waals surface area contributed by atoms with Crippen molar-refractivity contribution < 1.29 is 19.3 Å². The van der Waals surface area contributed by atoms with Crippen LogP contribution in [-0.4, -0.2) is 43.8 Å². The van der Waals surface area contributed by atoms with Crippen LogP contribution in [0.25, 0.3) is 0 Å². The molecular formula is C18H38N2O4Si. The van der Waals surface area contributed by atoms with Crippen LogP contribution >= 0.6 is 0 Å². The highest BCUT2D eigenvalue weighted by atomic mass is 28.3. The molecule has 0 heterocycles. The van der Waals surface area contributed by atoms with Gasteiger partial charge < -0.3 is 19.3 Å². The molecule has 0 aromatic carbocycles. The first-order valence-electron chi connectivity index (χ1n) is 9.77. The van der Waals surface area contributed by atoms with Crippen LogP contribution in [0.15, 0.2) is 10.3 Å². The highest BCUT2D eigenvalue weighted by Gasteiger charge is 2.16. The molecule has 0 spiro atoms. The van der Waals surface area contributed by atoms with Crippen molar-refractivity contribution in [3.05, 3.63) is 0 Å². The van der Waals surface area contributed by atoms with E-state index >= 15 is 0 Å². The molecule has 148 valence electrons. The molecule has 0 bridgehead atoms. The molecule has 1 unspecified atom stereocenters. The highest BCUT2D eigenvalue weighted by Crippen LogP contribution is 2.16. The van der Waals surface area contributed by atoms with Crippen LogP contribution in [-0.2, 0) is 8.85 Å². The molecule has 0 aliphatic carbocycles. The zero-order chi connectivity index (χ0) is 18.9. The number of nitrogens with zero attached hydrogens (tertiary/aromatic N) is 2. The van der Waals surface area contributed by atoms with Gasteiger partial charge in [0.1, 0.15) is 0 Å². The molecule has 0 aromatic heterocycles. The lowest BCUT2D eigenvalue weighted by Crippen LogP contribution is -2.26. The van der Waals surface area contributed by atoms with Gasteiger partial charge in [-0.15, -0.1) is 0 Å². The van der Waals surface area contributed by atoms with Gasteiger partial charge in [0.2, 0.25) is 0 Å². The maximum absolute atomic E-state index is 9.02. The van der Waals surface area contributed by atoms with E-state index in [4.69, 9.17) is 19.3 Å². The quantitative estimate of drug-likeness (QED) is 0.175. The lowest BCUT2D eigenvalue weighted by molar-refractivity contribution is 0.126. The van der Waals surface area contributed by atoms with Crippen LogP contribution in [0.2, 0.25) is 6.55 Å². The maximum Gasteiger partial charge on any atom is 0.318 e. The number of hydrogen-bond donors (Lipinski definition) is 2. The molecule has 25 heavy (non-hydrogen) atoms. The van der Waals surface area contributed by atoms with Gasteiger partial charge in [0, 0.05) is 12.7 Å². The number of oxime groups is 2. The lowest BCUT2D eigenvalue weighted by Gasteiger charge is -2.22. The van der Waals surface area contributed by atoms with Gasteiger partial charge in [-0.3, -0.25) is 0 Å². The van der Waals surface area contributed by atoms with E-state index in [0.717, 1.165) is 75.6 Å². The molecule has 1 atom stereocenters. The van der Waals surface area contributed by atoms with E-state index in [0.29, 0.717) is 6.61 Å². The van der Waals surface area contributed by atoms with Crippen molar-refractivity contribution in [3.63, 3.8) is 0 Å². The van der Waals surface area contributed by atoms with Crippen molar-refractivity contribution in [3.8, 4) is 0 Å². The molecule has 6 nitrogen and oxygen atoms in total. The summed E-state index contributed by atoms with van der Waals surface area (Å²) >= 11 is 0. The van der Waals surface area contributed by atoms with Crippen molar-refractivity contribution in [2.24, 2.45) is 10.3 Å². The summed E-state index contributed by atoms with van der Waals surface area (Å²) in [5.41, 5.74) is 1.74. The summed E-state index contributed by atoms with van der Waals surface area (Å²) < 4.78 is 11.8. The Hall–Kier alpha value is -0.923. The van der Waals surface area contributed by atoms with E-state index in [1.165, 1.54) is 0 Å². The fourth-order valence-corrected chi connectivity index (χ4v) is 4.28. The highest BCUT2D eigenvalue weighted by molar-refractivity contribution is 6.42. The zero-order valence-corrected chi connectivity index (χ0v) is 17.7. The minimum absolute atomic E-state index is 0.163. The zero-order valence-electron chi connectivity index (χ0n) is 16.5. The lowest BCUT2D eigenvalue weighted by atomic mass is 10.0. The molecule has 0 radical (unpaired) electrons. The average molecular weight is 375 g/mol. The summed E-state index contributed by atoms with van der Waals surface area (Å²) in [5.74, 6) is 0. The molecule has 0 aliphatic heterocycles. The van der Waals surface area contributed by atoms with E-state index in [1.54, 1.807) is 0 Å². The van der Waals surface area contributed by atoms with Crippen molar-refractivity contribution in [2.75, 3.05) is 6.61 Å². The standard InChI is InChI=1S/C18H38N2O4Si/c1-5-10-16(19-21)12-8-14-18(24-25(4)23-7-3)15-9-13-17(20-22)11-6-2/h18,21-22,25H,5-15H2,1-4H3. The molecule has 0 amide bonds. The molecule has 7 heteroatoms. The Morgan fingerprint density at radius 1 is 0.880 bits per heavy atom. The molecule has 0 aliphatic rings. The van der Waals surface area contributed by atoms with Crippen LogP contribution in [0.5, 0.6) is 0 Å². The van der Waals surface area contributed by atoms with Gasteiger partial charge in [0.25, 0.3) is 0 Å². The number of hydrogen-bond acceptors (Lipinski definition) is 6. The fraction of sp³-hybridized carbons (Fsp3) is 0.889. The van der Waals surface area contributed by atoms with E-state index in [1.807, 2.05) is 6.92 Å². The van der Waals surface area contributed by atoms with Crippen LogP contribution in [0, 0.1) is 0 Å². The third kappa shape index (κ3) is 13.0. The van der Waals surface area contributed by atoms with Crippen molar-refractivity contribution in [2.45, 2.75) is 97.6 Å². The Kier molecular flexibility index (Phi) is 15.9. The molecule has 0 saturated carbocycles. The SMILES string of the molecule is CCCC(CCCC(CCCC(CCC)=NO)O[SiH](C)OCC)=NO. The van der Waals surface area contributed by atoms with E-state index < -0.39 is 9.28 Å². The smallest absolute Gasteiger partial charge is 0.318 e. The maximum atomic E-state index is 9.02. The van der Waals surface area contributed by atoms with Gasteiger partial charge >= 0.3 is 9.28 Å². The normalized spacial score (nSPS) is 15.4. The van der Waals surface area contributed by atoms with Gasteiger partial charge in [-0.1, -0.05) is 37.0 Å². The first-order chi connectivity index (χ1) is 12.1. The molecular weight excluding hydrogens is 336 g/mol. The van der Waals surface area contributed by atoms with Crippen molar-refractivity contribution >= 4 is 20.7 Å². The summed E-state index contributed by atoms with van der Waals surface area (Å²) in [6.07, 6.45) is 9.25.